The van der Waals surface area contributed by atoms with Gasteiger partial charge in [0.1, 0.15) is 12.1 Å². The number of carbonyl (C=O) groups is 1. The number of Topliss-reactive ketones (excluding diaryl/α,β-unsaturated/α-hetero) is 1. The second kappa shape index (κ2) is 8.58. The first-order valence-electron chi connectivity index (χ1n) is 11.5. The zero-order valence-electron chi connectivity index (χ0n) is 18.2. The van der Waals surface area contributed by atoms with Crippen molar-refractivity contribution in [1.82, 2.24) is 0 Å². The zero-order chi connectivity index (χ0) is 22.2. The van der Waals surface area contributed by atoms with Crippen molar-refractivity contribution in [3.05, 3.63) is 106 Å². The summed E-state index contributed by atoms with van der Waals surface area (Å²) < 4.78 is 1.76. The standard InChI is InChI=1S/C28H29BrNO2/c29-25-13-11-22(12-14-25)27(31)20-30-17-15-21(16-18-30)26(19-30)28(32,23-7-3-1-4-8-23)24-9-5-2-6-10-24/h1-14,21,26,32H,15-20H2/q+1/t21?,26-,30?/m1/s1. The Morgan fingerprint density at radius 2 is 1.41 bits per heavy atom. The van der Waals surface area contributed by atoms with E-state index >= 15 is 0 Å². The normalized spacial score (nSPS) is 24.9. The summed E-state index contributed by atoms with van der Waals surface area (Å²) in [7, 11) is 0. The lowest BCUT2D eigenvalue weighted by Gasteiger charge is -2.56. The maximum absolute atomic E-state index is 13.2. The summed E-state index contributed by atoms with van der Waals surface area (Å²) in [5.41, 5.74) is 1.61. The second-order valence-corrected chi connectivity index (χ2v) is 10.4. The van der Waals surface area contributed by atoms with Gasteiger partial charge in [-0.3, -0.25) is 4.79 Å². The predicted molar refractivity (Wildman–Crippen MR) is 130 cm³/mol. The molecule has 3 heterocycles. The molecule has 3 aliphatic rings. The number of hydrogen-bond donors (Lipinski definition) is 1. The van der Waals surface area contributed by atoms with Crippen LogP contribution in [0.5, 0.6) is 0 Å². The highest BCUT2D eigenvalue weighted by Crippen LogP contribution is 2.49. The van der Waals surface area contributed by atoms with Gasteiger partial charge in [-0.15, -0.1) is 0 Å². The van der Waals surface area contributed by atoms with Gasteiger partial charge < -0.3 is 9.59 Å². The molecule has 2 bridgehead atoms. The number of fused-ring (bicyclic) bond motifs is 3. The molecule has 0 aliphatic carbocycles. The van der Waals surface area contributed by atoms with Crippen molar-refractivity contribution in [2.24, 2.45) is 11.8 Å². The summed E-state index contributed by atoms with van der Waals surface area (Å²) in [6.07, 6.45) is 2.11. The highest BCUT2D eigenvalue weighted by Gasteiger charge is 2.55. The third-order valence-electron chi connectivity index (χ3n) is 7.71. The summed E-state index contributed by atoms with van der Waals surface area (Å²) in [5.74, 6) is 0.732. The summed E-state index contributed by atoms with van der Waals surface area (Å²) in [5, 5.41) is 12.4. The summed E-state index contributed by atoms with van der Waals surface area (Å²) in [6, 6.07) is 27.9. The molecule has 0 saturated carbocycles. The van der Waals surface area contributed by atoms with Gasteiger partial charge in [0.25, 0.3) is 0 Å². The molecule has 4 heteroatoms. The van der Waals surface area contributed by atoms with Crippen LogP contribution in [0.4, 0.5) is 0 Å². The van der Waals surface area contributed by atoms with Crippen molar-refractivity contribution in [3.63, 3.8) is 0 Å². The number of nitrogens with zero attached hydrogens (tertiary/aromatic N) is 1. The van der Waals surface area contributed by atoms with Crippen LogP contribution >= 0.6 is 15.9 Å². The number of rotatable bonds is 6. The molecule has 0 radical (unpaired) electrons. The van der Waals surface area contributed by atoms with E-state index in [1.165, 1.54) is 0 Å². The fourth-order valence-corrected chi connectivity index (χ4v) is 6.26. The largest absolute Gasteiger partial charge is 0.380 e. The number of carbonyl (C=O) groups excluding carboxylic acids is 1. The molecule has 3 aromatic rings. The molecule has 3 saturated heterocycles. The molecule has 0 spiro atoms. The van der Waals surface area contributed by atoms with Gasteiger partial charge in [0.15, 0.2) is 0 Å². The summed E-state index contributed by atoms with van der Waals surface area (Å²) in [6.45, 7) is 3.37. The molecule has 3 fully saturated rings. The van der Waals surface area contributed by atoms with E-state index in [1.54, 1.807) is 0 Å². The fourth-order valence-electron chi connectivity index (χ4n) is 5.99. The van der Waals surface area contributed by atoms with Crippen molar-refractivity contribution in [2.75, 3.05) is 26.2 Å². The van der Waals surface area contributed by atoms with Crippen molar-refractivity contribution < 1.29 is 14.4 Å². The molecular formula is C28H29BrNO2+. The average Bonchev–Trinajstić information content (AvgIpc) is 2.85. The molecule has 32 heavy (non-hydrogen) atoms. The fraction of sp³-hybridized carbons (Fsp3) is 0.321. The van der Waals surface area contributed by atoms with Crippen molar-refractivity contribution >= 4 is 21.7 Å². The number of benzene rings is 3. The third-order valence-corrected chi connectivity index (χ3v) is 8.24. The van der Waals surface area contributed by atoms with Gasteiger partial charge in [-0.05, 0) is 29.2 Å². The van der Waals surface area contributed by atoms with Gasteiger partial charge in [-0.25, -0.2) is 0 Å². The zero-order valence-corrected chi connectivity index (χ0v) is 19.7. The van der Waals surface area contributed by atoms with Crippen LogP contribution in [0.25, 0.3) is 0 Å². The van der Waals surface area contributed by atoms with Crippen molar-refractivity contribution in [3.8, 4) is 0 Å². The molecule has 3 aliphatic heterocycles. The number of halogens is 1. The van der Waals surface area contributed by atoms with Crippen LogP contribution < -0.4 is 0 Å². The van der Waals surface area contributed by atoms with E-state index in [0.29, 0.717) is 12.5 Å². The molecule has 0 amide bonds. The van der Waals surface area contributed by atoms with Crippen LogP contribution in [0.3, 0.4) is 0 Å². The first kappa shape index (κ1) is 21.6. The van der Waals surface area contributed by atoms with Crippen molar-refractivity contribution in [2.45, 2.75) is 18.4 Å². The minimum Gasteiger partial charge on any atom is -0.380 e. The van der Waals surface area contributed by atoms with Crippen LogP contribution in [0.2, 0.25) is 0 Å². The van der Waals surface area contributed by atoms with Gasteiger partial charge in [-0.2, -0.15) is 0 Å². The van der Waals surface area contributed by atoms with E-state index in [9.17, 15) is 9.90 Å². The molecule has 0 aromatic heterocycles. The van der Waals surface area contributed by atoms with Gasteiger partial charge in [-0.1, -0.05) is 88.7 Å². The Balaban J connectivity index is 1.49. The molecule has 1 atom stereocenters. The Labute approximate surface area is 198 Å². The van der Waals surface area contributed by atoms with Crippen LogP contribution in [-0.4, -0.2) is 41.6 Å². The van der Waals surface area contributed by atoms with Crippen LogP contribution in [-0.2, 0) is 5.60 Å². The number of aliphatic hydroxyl groups is 1. The maximum Gasteiger partial charge on any atom is 0.216 e. The van der Waals surface area contributed by atoms with E-state index < -0.39 is 5.60 Å². The summed E-state index contributed by atoms with van der Waals surface area (Å²) in [4.78, 5) is 13.2. The Morgan fingerprint density at radius 1 is 0.875 bits per heavy atom. The van der Waals surface area contributed by atoms with Crippen LogP contribution in [0.1, 0.15) is 34.3 Å². The predicted octanol–water partition coefficient (Wildman–Crippen LogP) is 5.42. The Kier molecular flexibility index (Phi) is 5.79. The smallest absolute Gasteiger partial charge is 0.216 e. The first-order chi connectivity index (χ1) is 15.5. The lowest BCUT2D eigenvalue weighted by Crippen LogP contribution is -2.66. The molecule has 0 unspecified atom stereocenters. The lowest BCUT2D eigenvalue weighted by molar-refractivity contribution is -0.940. The van der Waals surface area contributed by atoms with Crippen LogP contribution in [0.15, 0.2) is 89.4 Å². The molecule has 6 rings (SSSR count). The van der Waals surface area contributed by atoms with Gasteiger partial charge in [0, 0.05) is 28.8 Å². The molecule has 1 N–H and O–H groups in total. The lowest BCUT2D eigenvalue weighted by atomic mass is 9.64. The number of piperidine rings is 3. The van der Waals surface area contributed by atoms with E-state index in [4.69, 9.17) is 0 Å². The minimum atomic E-state index is -1.06. The van der Waals surface area contributed by atoms with E-state index in [1.807, 2.05) is 84.9 Å². The van der Waals surface area contributed by atoms with Gasteiger partial charge >= 0.3 is 0 Å². The Hall–Kier alpha value is -2.27. The van der Waals surface area contributed by atoms with Crippen molar-refractivity contribution in [1.29, 1.82) is 0 Å². The third kappa shape index (κ3) is 3.85. The Bertz CT molecular complexity index is 1030. The molecule has 3 aromatic carbocycles. The topological polar surface area (TPSA) is 37.3 Å². The number of ketones is 1. The maximum atomic E-state index is 13.2. The van der Waals surface area contributed by atoms with Gasteiger partial charge in [0.2, 0.25) is 5.78 Å². The number of hydrogen-bond acceptors (Lipinski definition) is 2. The number of quaternary nitrogens is 1. The monoisotopic (exact) mass is 490 g/mol. The van der Waals surface area contributed by atoms with Crippen LogP contribution in [0, 0.1) is 11.8 Å². The minimum absolute atomic E-state index is 0.0764. The second-order valence-electron chi connectivity index (χ2n) is 9.50. The molecular weight excluding hydrogens is 462 g/mol. The highest BCUT2D eigenvalue weighted by molar-refractivity contribution is 9.10. The Morgan fingerprint density at radius 3 is 1.94 bits per heavy atom. The van der Waals surface area contributed by atoms with E-state index in [-0.39, 0.29) is 11.7 Å². The SMILES string of the molecule is O=C(C[N+]12CCC(CC1)[C@H](C(O)(c1ccccc1)c1ccccc1)C2)c1ccc(Br)cc1. The summed E-state index contributed by atoms with van der Waals surface area (Å²) >= 11 is 3.45. The highest BCUT2D eigenvalue weighted by atomic mass is 79.9. The molecule has 3 nitrogen and oxygen atoms in total. The quantitative estimate of drug-likeness (QED) is 0.369. The average molecular weight is 491 g/mol. The van der Waals surface area contributed by atoms with Gasteiger partial charge in [0.05, 0.1) is 19.6 Å². The van der Waals surface area contributed by atoms with E-state index in [2.05, 4.69) is 15.9 Å². The molecule has 164 valence electrons. The van der Waals surface area contributed by atoms with E-state index in [0.717, 1.165) is 58.1 Å². The first-order valence-corrected chi connectivity index (χ1v) is 12.3.